The van der Waals surface area contributed by atoms with Crippen molar-refractivity contribution in [1.29, 1.82) is 0 Å². The molecule has 0 unspecified atom stereocenters. The highest BCUT2D eigenvalue weighted by Crippen LogP contribution is 2.25. The Kier molecular flexibility index (Phi) is 5.56. The Morgan fingerprint density at radius 2 is 1.80 bits per heavy atom. The van der Waals surface area contributed by atoms with Gasteiger partial charge in [0.25, 0.3) is 0 Å². The van der Waals surface area contributed by atoms with Crippen molar-refractivity contribution in [3.8, 4) is 5.75 Å². The van der Waals surface area contributed by atoms with Crippen LogP contribution < -0.4 is 10.1 Å². The fourth-order valence-electron chi connectivity index (χ4n) is 1.73. The lowest BCUT2D eigenvalue weighted by Gasteiger charge is -2.05. The highest BCUT2D eigenvalue weighted by atomic mass is 32.2. The van der Waals surface area contributed by atoms with E-state index in [1.54, 1.807) is 18.9 Å². The molecule has 4 heteroatoms. The molecule has 0 aliphatic rings. The minimum atomic E-state index is 0.470. The van der Waals surface area contributed by atoms with Crippen molar-refractivity contribution in [2.75, 3.05) is 7.11 Å². The van der Waals surface area contributed by atoms with Crippen LogP contribution in [-0.4, -0.2) is 13.2 Å². The van der Waals surface area contributed by atoms with Crippen molar-refractivity contribution < 1.29 is 9.15 Å². The van der Waals surface area contributed by atoms with Gasteiger partial charge >= 0.3 is 0 Å². The van der Waals surface area contributed by atoms with Crippen LogP contribution in [0, 0.1) is 0 Å². The molecule has 1 N–H and O–H groups in total. The van der Waals surface area contributed by atoms with Crippen LogP contribution in [0.15, 0.2) is 45.7 Å². The van der Waals surface area contributed by atoms with Gasteiger partial charge in [-0.05, 0) is 36.4 Å². The molecular weight excluding hydrogens is 270 g/mol. The smallest absolute Gasteiger partial charge is 0.118 e. The molecule has 3 nitrogen and oxygen atoms in total. The third-order valence-electron chi connectivity index (χ3n) is 2.84. The van der Waals surface area contributed by atoms with Gasteiger partial charge in [-0.2, -0.15) is 0 Å². The molecule has 0 amide bonds. The van der Waals surface area contributed by atoms with Crippen LogP contribution in [0.5, 0.6) is 5.75 Å². The molecule has 1 aromatic heterocycles. The summed E-state index contributed by atoms with van der Waals surface area (Å²) in [5, 5.41) is 3.35. The maximum absolute atomic E-state index is 5.79. The van der Waals surface area contributed by atoms with Gasteiger partial charge in [0.05, 0.1) is 19.4 Å². The molecule has 2 rings (SSSR count). The molecule has 0 radical (unpaired) electrons. The Bertz CT molecular complexity index is 520. The number of ether oxygens (including phenoxy) is 1. The second kappa shape index (κ2) is 7.41. The lowest BCUT2D eigenvalue weighted by molar-refractivity contribution is 0.414. The highest BCUT2D eigenvalue weighted by Gasteiger charge is 2.04. The first-order valence-corrected chi connectivity index (χ1v) is 7.74. The molecule has 0 saturated heterocycles. The van der Waals surface area contributed by atoms with Crippen LogP contribution in [0.3, 0.4) is 0 Å². The van der Waals surface area contributed by atoms with Crippen molar-refractivity contribution in [1.82, 2.24) is 5.32 Å². The number of rotatable bonds is 7. The monoisotopic (exact) mass is 291 g/mol. The zero-order chi connectivity index (χ0) is 14.4. The first kappa shape index (κ1) is 15.0. The van der Waals surface area contributed by atoms with Crippen LogP contribution >= 0.6 is 11.8 Å². The topological polar surface area (TPSA) is 34.4 Å². The third-order valence-corrected chi connectivity index (χ3v) is 3.88. The number of methoxy groups -OCH3 is 1. The standard InChI is InChI=1S/C16H21NO2S/c1-12(2)17-10-14-4-5-15(19-14)11-20-16-8-6-13(18-3)7-9-16/h4-9,12,17H,10-11H2,1-3H3. The lowest BCUT2D eigenvalue weighted by Crippen LogP contribution is -2.21. The van der Waals surface area contributed by atoms with Crippen molar-refractivity contribution in [3.05, 3.63) is 47.9 Å². The fourth-order valence-corrected chi connectivity index (χ4v) is 2.52. The van der Waals surface area contributed by atoms with Crippen LogP contribution in [0.4, 0.5) is 0 Å². The molecular formula is C16H21NO2S. The second-order valence-electron chi connectivity index (χ2n) is 4.87. The van der Waals surface area contributed by atoms with E-state index in [1.165, 1.54) is 4.90 Å². The predicted octanol–water partition coefficient (Wildman–Crippen LogP) is 4.08. The molecule has 0 aliphatic carbocycles. The summed E-state index contributed by atoms with van der Waals surface area (Å²) in [6, 6.07) is 12.6. The quantitative estimate of drug-likeness (QED) is 0.780. The van der Waals surface area contributed by atoms with Crippen LogP contribution in [0.1, 0.15) is 25.4 Å². The molecule has 2 aromatic rings. The number of furan rings is 1. The van der Waals surface area contributed by atoms with Crippen molar-refractivity contribution in [2.24, 2.45) is 0 Å². The van der Waals surface area contributed by atoms with Crippen LogP contribution in [0.2, 0.25) is 0 Å². The predicted molar refractivity (Wildman–Crippen MR) is 83.2 cm³/mol. The van der Waals surface area contributed by atoms with Crippen molar-refractivity contribution in [3.63, 3.8) is 0 Å². The Morgan fingerprint density at radius 1 is 1.10 bits per heavy atom. The molecule has 1 heterocycles. The molecule has 0 aliphatic heterocycles. The van der Waals surface area contributed by atoms with Crippen molar-refractivity contribution >= 4 is 11.8 Å². The average Bonchev–Trinajstić information content (AvgIpc) is 2.91. The molecule has 0 atom stereocenters. The van der Waals surface area contributed by atoms with E-state index in [9.17, 15) is 0 Å². The zero-order valence-corrected chi connectivity index (χ0v) is 13.0. The summed E-state index contributed by atoms with van der Waals surface area (Å²) in [5.41, 5.74) is 0. The summed E-state index contributed by atoms with van der Waals surface area (Å²) in [5.74, 6) is 3.72. The highest BCUT2D eigenvalue weighted by molar-refractivity contribution is 7.98. The van der Waals surface area contributed by atoms with Gasteiger partial charge in [0.2, 0.25) is 0 Å². The largest absolute Gasteiger partial charge is 0.497 e. The molecule has 20 heavy (non-hydrogen) atoms. The number of nitrogens with one attached hydrogen (secondary N) is 1. The van der Waals surface area contributed by atoms with E-state index in [-0.39, 0.29) is 0 Å². The minimum absolute atomic E-state index is 0.470. The van der Waals surface area contributed by atoms with Gasteiger partial charge in [0.1, 0.15) is 17.3 Å². The second-order valence-corrected chi connectivity index (χ2v) is 5.92. The Morgan fingerprint density at radius 3 is 2.45 bits per heavy atom. The Balaban J connectivity index is 1.84. The van der Waals surface area contributed by atoms with Gasteiger partial charge in [0.15, 0.2) is 0 Å². The van der Waals surface area contributed by atoms with Gasteiger partial charge in [-0.3, -0.25) is 0 Å². The number of hydrogen-bond donors (Lipinski definition) is 1. The normalized spacial score (nSPS) is 11.0. The summed E-state index contributed by atoms with van der Waals surface area (Å²) in [4.78, 5) is 1.21. The summed E-state index contributed by atoms with van der Waals surface area (Å²) in [6.07, 6.45) is 0. The maximum Gasteiger partial charge on any atom is 0.118 e. The van der Waals surface area contributed by atoms with Crippen LogP contribution in [0.25, 0.3) is 0 Å². The van der Waals surface area contributed by atoms with Gasteiger partial charge in [-0.1, -0.05) is 13.8 Å². The van der Waals surface area contributed by atoms with E-state index in [2.05, 4.69) is 31.3 Å². The van der Waals surface area contributed by atoms with E-state index in [1.807, 2.05) is 24.3 Å². The van der Waals surface area contributed by atoms with Gasteiger partial charge in [0, 0.05) is 10.9 Å². The molecule has 0 fully saturated rings. The van der Waals surface area contributed by atoms with E-state index in [0.717, 1.165) is 29.6 Å². The lowest BCUT2D eigenvalue weighted by atomic mass is 10.3. The number of benzene rings is 1. The van der Waals surface area contributed by atoms with E-state index in [4.69, 9.17) is 9.15 Å². The first-order chi connectivity index (χ1) is 9.67. The van der Waals surface area contributed by atoms with Crippen LogP contribution in [-0.2, 0) is 12.3 Å². The molecule has 0 bridgehead atoms. The zero-order valence-electron chi connectivity index (χ0n) is 12.2. The molecule has 0 spiro atoms. The van der Waals surface area contributed by atoms with Gasteiger partial charge in [-0.25, -0.2) is 0 Å². The molecule has 108 valence electrons. The van der Waals surface area contributed by atoms with E-state index < -0.39 is 0 Å². The summed E-state index contributed by atoms with van der Waals surface area (Å²) in [7, 11) is 1.68. The third kappa shape index (κ3) is 4.62. The summed E-state index contributed by atoms with van der Waals surface area (Å²) >= 11 is 1.76. The van der Waals surface area contributed by atoms with E-state index >= 15 is 0 Å². The number of thioether (sulfide) groups is 1. The number of hydrogen-bond acceptors (Lipinski definition) is 4. The minimum Gasteiger partial charge on any atom is -0.497 e. The Labute approximate surface area is 124 Å². The first-order valence-electron chi connectivity index (χ1n) is 6.75. The molecule has 0 saturated carbocycles. The fraction of sp³-hybridized carbons (Fsp3) is 0.375. The maximum atomic E-state index is 5.79. The SMILES string of the molecule is COc1ccc(SCc2ccc(CNC(C)C)o2)cc1. The van der Waals surface area contributed by atoms with Gasteiger partial charge < -0.3 is 14.5 Å². The Hall–Kier alpha value is -1.39. The van der Waals surface area contributed by atoms with Gasteiger partial charge in [-0.15, -0.1) is 11.8 Å². The summed E-state index contributed by atoms with van der Waals surface area (Å²) < 4.78 is 10.9. The van der Waals surface area contributed by atoms with E-state index in [0.29, 0.717) is 6.04 Å². The van der Waals surface area contributed by atoms with Crippen molar-refractivity contribution in [2.45, 2.75) is 37.1 Å². The molecule has 1 aromatic carbocycles. The average molecular weight is 291 g/mol. The summed E-state index contributed by atoms with van der Waals surface area (Å²) in [6.45, 7) is 5.04.